The van der Waals surface area contributed by atoms with Crippen LogP contribution in [0.2, 0.25) is 0 Å². The van der Waals surface area contributed by atoms with Crippen molar-refractivity contribution in [3.63, 3.8) is 0 Å². The molecule has 1 aromatic carbocycles. The minimum absolute atomic E-state index is 0.00789. The maximum absolute atomic E-state index is 11.0. The summed E-state index contributed by atoms with van der Waals surface area (Å²) < 4.78 is 11.8. The number of ether oxygens (including phenoxy) is 2. The fourth-order valence-electron chi connectivity index (χ4n) is 2.51. The van der Waals surface area contributed by atoms with Crippen LogP contribution in [0.1, 0.15) is 30.7 Å². The van der Waals surface area contributed by atoms with Gasteiger partial charge in [0.25, 0.3) is 0 Å². The molecule has 1 unspecified atom stereocenters. The Morgan fingerprint density at radius 3 is 2.89 bits per heavy atom. The SMILES string of the molecule is O=C(O)CC(c1c(Br)ccc2c1OCO2)C1CC1. The maximum Gasteiger partial charge on any atom is 0.303 e. The van der Waals surface area contributed by atoms with Crippen LogP contribution in [-0.4, -0.2) is 17.9 Å². The van der Waals surface area contributed by atoms with Crippen molar-refractivity contribution in [2.75, 3.05) is 6.79 Å². The van der Waals surface area contributed by atoms with E-state index in [1.807, 2.05) is 12.1 Å². The first kappa shape index (κ1) is 11.8. The van der Waals surface area contributed by atoms with Crippen molar-refractivity contribution in [3.8, 4) is 11.5 Å². The summed E-state index contributed by atoms with van der Waals surface area (Å²) in [6.07, 6.45) is 2.33. The van der Waals surface area contributed by atoms with Gasteiger partial charge in [0.05, 0.1) is 6.42 Å². The lowest BCUT2D eigenvalue weighted by atomic mass is 9.90. The second kappa shape index (κ2) is 4.46. The molecule has 0 aromatic heterocycles. The molecule has 1 fully saturated rings. The lowest BCUT2D eigenvalue weighted by Crippen LogP contribution is -2.10. The van der Waals surface area contributed by atoms with E-state index in [9.17, 15) is 4.79 Å². The van der Waals surface area contributed by atoms with Crippen LogP contribution in [0.3, 0.4) is 0 Å². The first-order valence-electron chi connectivity index (χ1n) is 5.96. The number of fused-ring (bicyclic) bond motifs is 1. The Balaban J connectivity index is 2.03. The van der Waals surface area contributed by atoms with Crippen molar-refractivity contribution in [2.24, 2.45) is 5.92 Å². The monoisotopic (exact) mass is 312 g/mol. The van der Waals surface area contributed by atoms with E-state index in [1.54, 1.807) is 0 Å². The first-order valence-corrected chi connectivity index (χ1v) is 6.76. The Bertz CT molecular complexity index is 496. The lowest BCUT2D eigenvalue weighted by molar-refractivity contribution is -0.137. The average molecular weight is 313 g/mol. The maximum atomic E-state index is 11.0. The highest BCUT2D eigenvalue weighted by Crippen LogP contribution is 2.52. The molecule has 0 radical (unpaired) electrons. The highest BCUT2D eigenvalue weighted by molar-refractivity contribution is 9.10. The van der Waals surface area contributed by atoms with Crippen LogP contribution in [-0.2, 0) is 4.79 Å². The Hall–Kier alpha value is -1.23. The zero-order valence-corrected chi connectivity index (χ0v) is 11.3. The summed E-state index contributed by atoms with van der Waals surface area (Å²) in [4.78, 5) is 11.0. The van der Waals surface area contributed by atoms with E-state index in [-0.39, 0.29) is 19.1 Å². The zero-order valence-electron chi connectivity index (χ0n) is 9.69. The molecule has 1 heterocycles. The number of benzene rings is 1. The van der Waals surface area contributed by atoms with Gasteiger partial charge in [0, 0.05) is 16.0 Å². The Kier molecular flexibility index (Phi) is 2.93. The normalized spacial score (nSPS) is 18.7. The number of carboxylic acid groups (broad SMARTS) is 1. The minimum Gasteiger partial charge on any atom is -0.481 e. The van der Waals surface area contributed by atoms with Gasteiger partial charge in [-0.2, -0.15) is 0 Å². The summed E-state index contributed by atoms with van der Waals surface area (Å²) >= 11 is 3.51. The van der Waals surface area contributed by atoms with Gasteiger partial charge in [-0.05, 0) is 30.9 Å². The molecule has 18 heavy (non-hydrogen) atoms. The van der Waals surface area contributed by atoms with Crippen LogP contribution < -0.4 is 9.47 Å². The summed E-state index contributed by atoms with van der Waals surface area (Å²) in [7, 11) is 0. The number of carbonyl (C=O) groups is 1. The van der Waals surface area contributed by atoms with Gasteiger partial charge in [0.2, 0.25) is 6.79 Å². The third-order valence-electron chi connectivity index (χ3n) is 3.48. The van der Waals surface area contributed by atoms with E-state index in [1.165, 1.54) is 0 Å². The van der Waals surface area contributed by atoms with E-state index in [4.69, 9.17) is 14.6 Å². The van der Waals surface area contributed by atoms with Gasteiger partial charge < -0.3 is 14.6 Å². The number of carboxylic acids is 1. The summed E-state index contributed by atoms with van der Waals surface area (Å²) in [5.74, 6) is 1.11. The van der Waals surface area contributed by atoms with E-state index in [0.717, 1.165) is 22.9 Å². The molecular formula is C13H13BrO4. The molecule has 1 saturated carbocycles. The summed E-state index contributed by atoms with van der Waals surface area (Å²) in [6, 6.07) is 3.75. The minimum atomic E-state index is -0.768. The first-order chi connectivity index (χ1) is 8.66. The van der Waals surface area contributed by atoms with Crippen LogP contribution >= 0.6 is 15.9 Å². The second-order valence-corrected chi connectivity index (χ2v) is 5.59. The van der Waals surface area contributed by atoms with Gasteiger partial charge in [0.1, 0.15) is 0 Å². The molecular weight excluding hydrogens is 300 g/mol. The predicted octanol–water partition coefficient (Wildman–Crippen LogP) is 3.15. The van der Waals surface area contributed by atoms with Crippen molar-refractivity contribution < 1.29 is 19.4 Å². The van der Waals surface area contributed by atoms with Crippen molar-refractivity contribution in [1.82, 2.24) is 0 Å². The third-order valence-corrected chi connectivity index (χ3v) is 4.17. The van der Waals surface area contributed by atoms with E-state index < -0.39 is 5.97 Å². The van der Waals surface area contributed by atoms with Crippen LogP contribution in [0.15, 0.2) is 16.6 Å². The molecule has 0 spiro atoms. The predicted molar refractivity (Wildman–Crippen MR) is 68.0 cm³/mol. The molecule has 1 N–H and O–H groups in total. The molecule has 96 valence electrons. The standard InChI is InChI=1S/C13H13BrO4/c14-9-3-4-10-13(18-6-17-10)12(9)8(5-11(15)16)7-1-2-7/h3-4,7-8H,1-2,5-6H2,(H,15,16). The Morgan fingerprint density at radius 1 is 1.44 bits per heavy atom. The lowest BCUT2D eigenvalue weighted by Gasteiger charge is -2.18. The summed E-state index contributed by atoms with van der Waals surface area (Å²) in [5, 5.41) is 9.07. The molecule has 1 aliphatic carbocycles. The fraction of sp³-hybridized carbons (Fsp3) is 0.462. The molecule has 3 rings (SSSR count). The third kappa shape index (κ3) is 2.07. The molecule has 0 amide bonds. The molecule has 4 nitrogen and oxygen atoms in total. The van der Waals surface area contributed by atoms with Gasteiger partial charge in [-0.25, -0.2) is 0 Å². The number of aliphatic carboxylic acids is 1. The summed E-state index contributed by atoms with van der Waals surface area (Å²) in [5.41, 5.74) is 0.954. The fourth-order valence-corrected chi connectivity index (χ4v) is 3.11. The van der Waals surface area contributed by atoms with Gasteiger partial charge in [-0.15, -0.1) is 0 Å². The molecule has 5 heteroatoms. The number of hydrogen-bond acceptors (Lipinski definition) is 3. The molecule has 1 aromatic rings. The molecule has 1 aliphatic heterocycles. The van der Waals surface area contributed by atoms with Gasteiger partial charge >= 0.3 is 5.97 Å². The second-order valence-electron chi connectivity index (χ2n) is 4.74. The van der Waals surface area contributed by atoms with Crippen molar-refractivity contribution in [1.29, 1.82) is 0 Å². The molecule has 0 bridgehead atoms. The zero-order chi connectivity index (χ0) is 12.7. The van der Waals surface area contributed by atoms with Crippen LogP contribution in [0.4, 0.5) is 0 Å². The number of halogens is 1. The Labute approximate surface area is 113 Å². The van der Waals surface area contributed by atoms with Gasteiger partial charge in [0.15, 0.2) is 11.5 Å². The van der Waals surface area contributed by atoms with E-state index >= 15 is 0 Å². The van der Waals surface area contributed by atoms with Crippen molar-refractivity contribution in [2.45, 2.75) is 25.2 Å². The van der Waals surface area contributed by atoms with E-state index in [2.05, 4.69) is 15.9 Å². The van der Waals surface area contributed by atoms with Crippen LogP contribution in [0.5, 0.6) is 11.5 Å². The average Bonchev–Trinajstić information content (AvgIpc) is 3.05. The van der Waals surface area contributed by atoms with Crippen molar-refractivity contribution >= 4 is 21.9 Å². The summed E-state index contributed by atoms with van der Waals surface area (Å²) in [6.45, 7) is 0.212. The topological polar surface area (TPSA) is 55.8 Å². The smallest absolute Gasteiger partial charge is 0.303 e. The number of rotatable bonds is 4. The highest BCUT2D eigenvalue weighted by atomic mass is 79.9. The number of hydrogen-bond donors (Lipinski definition) is 1. The largest absolute Gasteiger partial charge is 0.481 e. The molecule has 0 saturated heterocycles. The highest BCUT2D eigenvalue weighted by Gasteiger charge is 2.38. The van der Waals surface area contributed by atoms with Gasteiger partial charge in [-0.1, -0.05) is 15.9 Å². The van der Waals surface area contributed by atoms with E-state index in [0.29, 0.717) is 17.4 Å². The Morgan fingerprint density at radius 2 is 2.22 bits per heavy atom. The van der Waals surface area contributed by atoms with Crippen LogP contribution in [0.25, 0.3) is 0 Å². The van der Waals surface area contributed by atoms with Crippen molar-refractivity contribution in [3.05, 3.63) is 22.2 Å². The quantitative estimate of drug-likeness (QED) is 0.928. The molecule has 2 aliphatic rings. The molecule has 1 atom stereocenters. The van der Waals surface area contributed by atoms with Crippen LogP contribution in [0, 0.1) is 5.92 Å². The van der Waals surface area contributed by atoms with Gasteiger partial charge in [-0.3, -0.25) is 4.79 Å².